The third kappa shape index (κ3) is 9.40. The first-order chi connectivity index (χ1) is 14.1. The molecule has 0 spiro atoms. The van der Waals surface area contributed by atoms with Crippen molar-refractivity contribution in [3.8, 4) is 17.2 Å². The molecule has 0 saturated heterocycles. The molecule has 166 valence electrons. The molecular weight excluding hydrogens is 559 g/mol. The summed E-state index contributed by atoms with van der Waals surface area (Å²) in [6, 6.07) is 17.4. The van der Waals surface area contributed by atoms with Gasteiger partial charge >= 0.3 is 17.9 Å². The fraction of sp³-hybridized carbons (Fsp3) is 0. The molecule has 0 aliphatic rings. The van der Waals surface area contributed by atoms with Gasteiger partial charge in [-0.2, -0.15) is 0 Å². The third-order valence-electron chi connectivity index (χ3n) is 3.40. The number of phenols is 3. The number of hydrogen-bond donors (Lipinski definition) is 6. The summed E-state index contributed by atoms with van der Waals surface area (Å²) in [6.07, 6.45) is 0. The van der Waals surface area contributed by atoms with Crippen LogP contribution in [0.2, 0.25) is 0 Å². The van der Waals surface area contributed by atoms with Crippen LogP contribution in [-0.4, -0.2) is 48.5 Å². The van der Waals surface area contributed by atoms with Crippen LogP contribution in [0.1, 0.15) is 31.1 Å². The maximum atomic E-state index is 10.3. The maximum absolute atomic E-state index is 10.3. The summed E-state index contributed by atoms with van der Waals surface area (Å²) >= 11 is 0. The van der Waals surface area contributed by atoms with E-state index in [0.717, 1.165) is 0 Å². The van der Waals surface area contributed by atoms with Crippen molar-refractivity contribution in [2.24, 2.45) is 0 Å². The van der Waals surface area contributed by atoms with E-state index >= 15 is 0 Å². The molecule has 0 bridgehead atoms. The molecule has 10 heteroatoms. The molecule has 9 nitrogen and oxygen atoms in total. The van der Waals surface area contributed by atoms with Gasteiger partial charge < -0.3 is 30.6 Å². The Labute approximate surface area is 206 Å². The Kier molecular flexibility index (Phi) is 12.4. The van der Waals surface area contributed by atoms with Crippen molar-refractivity contribution in [3.05, 3.63) is 89.5 Å². The van der Waals surface area contributed by atoms with Crippen molar-refractivity contribution < 1.29 is 83.2 Å². The van der Waals surface area contributed by atoms with E-state index in [-0.39, 0.29) is 72.1 Å². The number of hydrogen-bond acceptors (Lipinski definition) is 6. The zero-order valence-electron chi connectivity index (χ0n) is 15.7. The molecular formula is C21H18DyO9. The Morgan fingerprint density at radius 1 is 0.452 bits per heavy atom. The minimum Gasteiger partial charge on any atom is -0.507 e. The second-order valence-electron chi connectivity index (χ2n) is 5.47. The topological polar surface area (TPSA) is 173 Å². The smallest absolute Gasteiger partial charge is 0.339 e. The minimum absolute atomic E-state index is 0. The van der Waals surface area contributed by atoms with Crippen molar-refractivity contribution in [2.45, 2.75) is 0 Å². The first kappa shape index (κ1) is 27.7. The summed E-state index contributed by atoms with van der Waals surface area (Å²) < 4.78 is 0. The summed E-state index contributed by atoms with van der Waals surface area (Å²) in [4.78, 5) is 30.8. The van der Waals surface area contributed by atoms with Crippen LogP contribution in [-0.2, 0) is 0 Å². The van der Waals surface area contributed by atoms with E-state index in [1.807, 2.05) is 0 Å². The Bertz CT molecular complexity index is 903. The average Bonchev–Trinajstić information content (AvgIpc) is 2.69. The largest absolute Gasteiger partial charge is 0.507 e. The number of rotatable bonds is 3. The predicted octanol–water partition coefficient (Wildman–Crippen LogP) is 3.27. The quantitative estimate of drug-likeness (QED) is 0.274. The molecule has 0 amide bonds. The van der Waals surface area contributed by atoms with E-state index in [0.29, 0.717) is 0 Å². The van der Waals surface area contributed by atoms with Crippen molar-refractivity contribution in [1.29, 1.82) is 0 Å². The first-order valence-electron chi connectivity index (χ1n) is 8.19. The van der Waals surface area contributed by atoms with Crippen LogP contribution in [0.5, 0.6) is 17.2 Å². The first-order valence-corrected chi connectivity index (χ1v) is 8.19. The SMILES string of the molecule is O=C(O)c1ccccc1O.O=C(O)c1ccccc1O.O=C(O)c1ccccc1O.[Dy]. The van der Waals surface area contributed by atoms with E-state index in [2.05, 4.69) is 0 Å². The number of carboxylic acids is 3. The molecule has 0 aliphatic carbocycles. The molecule has 3 aromatic carbocycles. The summed E-state index contributed by atoms with van der Waals surface area (Å²) in [5.41, 5.74) is -0.201. The standard InChI is InChI=1S/3C7H6O3.Dy/c3*8-6-4-2-1-3-5(6)7(9)10;/h3*1-4,8H,(H,9,10);. The number of para-hydroxylation sites is 3. The van der Waals surface area contributed by atoms with Crippen LogP contribution in [0.3, 0.4) is 0 Å². The molecule has 3 aromatic rings. The molecule has 31 heavy (non-hydrogen) atoms. The van der Waals surface area contributed by atoms with Crippen LogP contribution in [0.25, 0.3) is 0 Å². The van der Waals surface area contributed by atoms with Gasteiger partial charge in [0.25, 0.3) is 0 Å². The Morgan fingerprint density at radius 2 is 0.645 bits per heavy atom. The van der Waals surface area contributed by atoms with Gasteiger partial charge in [0.15, 0.2) is 0 Å². The number of aromatic carboxylic acids is 3. The normalized spacial score (nSPS) is 8.90. The second kappa shape index (κ2) is 13.9. The molecule has 0 aromatic heterocycles. The van der Waals surface area contributed by atoms with Gasteiger partial charge in [-0.15, -0.1) is 0 Å². The molecule has 0 unspecified atom stereocenters. The van der Waals surface area contributed by atoms with Crippen LogP contribution in [0.4, 0.5) is 0 Å². The zero-order chi connectivity index (χ0) is 22.7. The van der Waals surface area contributed by atoms with Gasteiger partial charge in [-0.25, -0.2) is 14.4 Å². The van der Waals surface area contributed by atoms with Crippen molar-refractivity contribution >= 4 is 17.9 Å². The van der Waals surface area contributed by atoms with Crippen LogP contribution < -0.4 is 0 Å². The van der Waals surface area contributed by atoms with Gasteiger partial charge in [-0.05, 0) is 36.4 Å². The van der Waals surface area contributed by atoms with E-state index in [1.54, 1.807) is 36.4 Å². The fourth-order valence-corrected chi connectivity index (χ4v) is 1.96. The molecule has 0 radical (unpaired) electrons. The third-order valence-corrected chi connectivity index (χ3v) is 3.40. The molecule has 3 rings (SSSR count). The molecule has 0 fully saturated rings. The summed E-state index contributed by atoms with van der Waals surface area (Å²) in [5, 5.41) is 51.9. The molecule has 0 heterocycles. The van der Waals surface area contributed by atoms with Gasteiger partial charge in [-0.3, -0.25) is 0 Å². The monoisotopic (exact) mass is 578 g/mol. The Balaban J connectivity index is 0.000000429. The average molecular weight is 577 g/mol. The second-order valence-corrected chi connectivity index (χ2v) is 5.47. The van der Waals surface area contributed by atoms with Crippen molar-refractivity contribution in [1.82, 2.24) is 0 Å². The van der Waals surface area contributed by atoms with Gasteiger partial charge in [-0.1, -0.05) is 36.4 Å². The van der Waals surface area contributed by atoms with Crippen LogP contribution in [0, 0.1) is 38.2 Å². The Hall–Kier alpha value is -3.26. The molecule has 0 saturated carbocycles. The van der Waals surface area contributed by atoms with Crippen molar-refractivity contribution in [3.63, 3.8) is 0 Å². The maximum Gasteiger partial charge on any atom is 0.339 e. The van der Waals surface area contributed by atoms with E-state index < -0.39 is 17.9 Å². The minimum atomic E-state index is -1.11. The summed E-state index contributed by atoms with van der Waals surface area (Å²) in [5.74, 6) is -3.94. The number of carboxylic acid groups (broad SMARTS) is 3. The molecule has 6 N–H and O–H groups in total. The molecule has 0 aliphatic heterocycles. The predicted molar refractivity (Wildman–Crippen MR) is 105 cm³/mol. The van der Waals surface area contributed by atoms with E-state index in [1.165, 1.54) is 36.4 Å². The van der Waals surface area contributed by atoms with Gasteiger partial charge in [0.1, 0.15) is 33.9 Å². The number of benzene rings is 3. The summed E-state index contributed by atoms with van der Waals surface area (Å²) in [7, 11) is 0. The molecule has 0 atom stereocenters. The van der Waals surface area contributed by atoms with Gasteiger partial charge in [0.2, 0.25) is 0 Å². The van der Waals surface area contributed by atoms with Crippen LogP contribution >= 0.6 is 0 Å². The van der Waals surface area contributed by atoms with E-state index in [9.17, 15) is 14.4 Å². The summed E-state index contributed by atoms with van der Waals surface area (Å²) in [6.45, 7) is 0. The van der Waals surface area contributed by atoms with E-state index in [4.69, 9.17) is 30.6 Å². The Morgan fingerprint density at radius 3 is 0.774 bits per heavy atom. The van der Waals surface area contributed by atoms with Crippen LogP contribution in [0.15, 0.2) is 72.8 Å². The fourth-order valence-electron chi connectivity index (χ4n) is 1.96. The zero-order valence-corrected chi connectivity index (χ0v) is 17.7. The van der Waals surface area contributed by atoms with Gasteiger partial charge in [0, 0.05) is 38.2 Å². The van der Waals surface area contributed by atoms with Gasteiger partial charge in [0.05, 0.1) is 0 Å². The number of carbonyl (C=O) groups is 3. The number of aromatic hydroxyl groups is 3. The van der Waals surface area contributed by atoms with Crippen molar-refractivity contribution in [2.75, 3.05) is 0 Å².